The third-order valence-electron chi connectivity index (χ3n) is 5.77. The Morgan fingerprint density at radius 2 is 2.09 bits per heavy atom. The third-order valence-corrected chi connectivity index (χ3v) is 5.77. The zero-order valence-corrected chi connectivity index (χ0v) is 18.6. The van der Waals surface area contributed by atoms with E-state index in [0.29, 0.717) is 44.8 Å². The smallest absolute Gasteiger partial charge is 0.255 e. The van der Waals surface area contributed by atoms with Gasteiger partial charge in [0, 0.05) is 27.8 Å². The fourth-order valence-corrected chi connectivity index (χ4v) is 4.16. The summed E-state index contributed by atoms with van der Waals surface area (Å²) >= 11 is 0. The predicted molar refractivity (Wildman–Crippen MR) is 126 cm³/mol. The van der Waals surface area contributed by atoms with Gasteiger partial charge in [0.2, 0.25) is 5.88 Å². The van der Waals surface area contributed by atoms with Gasteiger partial charge in [-0.15, -0.1) is 4.91 Å². The molecular weight excluding hydrogens is 457 g/mol. The first-order valence-corrected chi connectivity index (χ1v) is 10.6. The van der Waals surface area contributed by atoms with Crippen molar-refractivity contribution < 1.29 is 28.5 Å². The number of amides is 1. The number of hydrogen-bond acceptors (Lipinski definition) is 7. The normalized spacial score (nSPS) is 12.6. The summed E-state index contributed by atoms with van der Waals surface area (Å²) in [4.78, 5) is 24.3. The van der Waals surface area contributed by atoms with Gasteiger partial charge in [0.1, 0.15) is 17.3 Å². The molecule has 0 aliphatic carbocycles. The maximum atomic E-state index is 14.2. The minimum atomic E-state index is -0.472. The number of ether oxygens (including phenoxy) is 3. The van der Waals surface area contributed by atoms with Crippen LogP contribution in [-0.2, 0) is 17.9 Å². The summed E-state index contributed by atoms with van der Waals surface area (Å²) in [7, 11) is 1.51. The predicted octanol–water partition coefficient (Wildman–Crippen LogP) is 5.06. The molecule has 0 bridgehead atoms. The van der Waals surface area contributed by atoms with Crippen LogP contribution in [0.15, 0.2) is 59.8 Å². The summed E-state index contributed by atoms with van der Waals surface area (Å²) < 4.78 is 31.6. The number of nitroso groups, excluding NO2 is 1. The van der Waals surface area contributed by atoms with Crippen molar-refractivity contribution in [2.24, 2.45) is 5.18 Å². The summed E-state index contributed by atoms with van der Waals surface area (Å²) in [6, 6.07) is 14.1. The van der Waals surface area contributed by atoms with Crippen LogP contribution in [0.1, 0.15) is 21.5 Å². The summed E-state index contributed by atoms with van der Waals surface area (Å²) in [5.74, 6) is -0.214. The number of methoxy groups -OCH3 is 1. The van der Waals surface area contributed by atoms with Gasteiger partial charge >= 0.3 is 0 Å². The van der Waals surface area contributed by atoms with E-state index >= 15 is 0 Å². The summed E-state index contributed by atoms with van der Waals surface area (Å²) in [5, 5.41) is 16.9. The maximum absolute atomic E-state index is 14.2. The van der Waals surface area contributed by atoms with E-state index in [1.807, 2.05) is 0 Å². The Hall–Kier alpha value is -4.44. The standard InChI is InChI=1S/C25H20FN3O6/c1-33-19-4-2-3-14(9-19)24(30)27-18-5-6-21-20(10-18)22(28-32)25(31)29(21)11-15-7-17(26)8-16-12-34-13-35-23(15)16/h2-10,31H,11-13H2,1H3,(H,27,30). The first-order chi connectivity index (χ1) is 17.0. The molecule has 1 amide bonds. The SMILES string of the molecule is COc1cccc(C(=O)Nc2ccc3c(c2)c(N=O)c(O)n3Cc2cc(F)cc3c2OCOC3)c1. The molecule has 2 heterocycles. The van der Waals surface area contributed by atoms with Gasteiger partial charge in [0.15, 0.2) is 12.5 Å². The van der Waals surface area contributed by atoms with Crippen molar-refractivity contribution in [3.63, 3.8) is 0 Å². The largest absolute Gasteiger partial charge is 0.497 e. The molecule has 1 aromatic heterocycles. The van der Waals surface area contributed by atoms with Crippen molar-refractivity contribution in [1.29, 1.82) is 0 Å². The molecule has 0 unspecified atom stereocenters. The number of hydrogen-bond donors (Lipinski definition) is 2. The number of rotatable bonds is 6. The molecule has 0 spiro atoms. The van der Waals surface area contributed by atoms with E-state index in [4.69, 9.17) is 14.2 Å². The molecule has 1 aliphatic heterocycles. The molecule has 5 rings (SSSR count). The first kappa shape index (κ1) is 22.4. The lowest BCUT2D eigenvalue weighted by Crippen LogP contribution is -2.14. The number of nitrogens with one attached hydrogen (secondary N) is 1. The highest BCUT2D eigenvalue weighted by atomic mass is 19.1. The fourth-order valence-electron chi connectivity index (χ4n) is 4.16. The lowest BCUT2D eigenvalue weighted by Gasteiger charge is -2.21. The Morgan fingerprint density at radius 1 is 1.23 bits per heavy atom. The number of nitrogens with zero attached hydrogens (tertiary/aromatic N) is 2. The quantitative estimate of drug-likeness (QED) is 0.376. The van der Waals surface area contributed by atoms with Crippen molar-refractivity contribution in [3.8, 4) is 17.4 Å². The molecule has 3 aromatic carbocycles. The number of benzene rings is 3. The molecule has 0 radical (unpaired) electrons. The van der Waals surface area contributed by atoms with E-state index in [1.54, 1.807) is 42.5 Å². The van der Waals surface area contributed by atoms with Crippen LogP contribution >= 0.6 is 0 Å². The Labute approximate surface area is 198 Å². The minimum Gasteiger partial charge on any atom is -0.497 e. The molecule has 10 heteroatoms. The molecule has 9 nitrogen and oxygen atoms in total. The average Bonchev–Trinajstić information content (AvgIpc) is 3.13. The van der Waals surface area contributed by atoms with Crippen molar-refractivity contribution >= 4 is 28.2 Å². The molecule has 1 aliphatic rings. The van der Waals surface area contributed by atoms with Gasteiger partial charge in [-0.1, -0.05) is 6.07 Å². The van der Waals surface area contributed by atoms with Crippen molar-refractivity contribution in [1.82, 2.24) is 4.57 Å². The van der Waals surface area contributed by atoms with Crippen molar-refractivity contribution in [2.45, 2.75) is 13.2 Å². The topological polar surface area (TPSA) is 111 Å². The highest BCUT2D eigenvalue weighted by molar-refractivity contribution is 6.06. The van der Waals surface area contributed by atoms with Crippen LogP contribution in [-0.4, -0.2) is 29.5 Å². The second-order valence-electron chi connectivity index (χ2n) is 7.93. The fraction of sp³-hybridized carbons (Fsp3) is 0.160. The molecule has 4 aromatic rings. The molecule has 0 saturated carbocycles. The zero-order valence-electron chi connectivity index (χ0n) is 18.6. The van der Waals surface area contributed by atoms with Crippen LogP contribution in [0.5, 0.6) is 17.4 Å². The summed E-state index contributed by atoms with van der Waals surface area (Å²) in [6.45, 7) is 0.255. The molecule has 0 fully saturated rings. The van der Waals surface area contributed by atoms with Gasteiger partial charge in [-0.3, -0.25) is 4.79 Å². The molecule has 0 atom stereocenters. The van der Waals surface area contributed by atoms with E-state index < -0.39 is 5.82 Å². The second-order valence-corrected chi connectivity index (χ2v) is 7.93. The Kier molecular flexibility index (Phi) is 5.79. The molecule has 0 saturated heterocycles. The molecule has 35 heavy (non-hydrogen) atoms. The first-order valence-electron chi connectivity index (χ1n) is 10.6. The number of halogens is 1. The maximum Gasteiger partial charge on any atom is 0.255 e. The van der Waals surface area contributed by atoms with Crippen LogP contribution in [0.3, 0.4) is 0 Å². The van der Waals surface area contributed by atoms with Gasteiger partial charge in [-0.2, -0.15) is 0 Å². The Morgan fingerprint density at radius 3 is 2.89 bits per heavy atom. The van der Waals surface area contributed by atoms with Crippen LogP contribution in [0.25, 0.3) is 10.9 Å². The highest BCUT2D eigenvalue weighted by Gasteiger charge is 2.22. The zero-order chi connectivity index (χ0) is 24.5. The minimum absolute atomic E-state index is 0.0213. The van der Waals surface area contributed by atoms with Gasteiger partial charge in [0.05, 0.1) is 25.8 Å². The number of carbonyl (C=O) groups is 1. The highest BCUT2D eigenvalue weighted by Crippen LogP contribution is 2.41. The van der Waals surface area contributed by atoms with Gasteiger partial charge < -0.3 is 29.2 Å². The van der Waals surface area contributed by atoms with Crippen molar-refractivity contribution in [3.05, 3.63) is 82.0 Å². The van der Waals surface area contributed by atoms with Crippen LogP contribution < -0.4 is 14.8 Å². The van der Waals surface area contributed by atoms with E-state index in [9.17, 15) is 19.2 Å². The number of aromatic nitrogens is 1. The lowest BCUT2D eigenvalue weighted by atomic mass is 10.1. The van der Waals surface area contributed by atoms with E-state index in [1.165, 1.54) is 23.8 Å². The van der Waals surface area contributed by atoms with Crippen LogP contribution in [0.2, 0.25) is 0 Å². The Bertz CT molecular complexity index is 1470. The van der Waals surface area contributed by atoms with Crippen LogP contribution in [0, 0.1) is 10.7 Å². The van der Waals surface area contributed by atoms with Gasteiger partial charge in [-0.25, -0.2) is 4.39 Å². The number of aromatic hydroxyl groups is 1. The molecule has 178 valence electrons. The van der Waals surface area contributed by atoms with E-state index in [0.717, 1.165) is 0 Å². The van der Waals surface area contributed by atoms with E-state index in [2.05, 4.69) is 10.5 Å². The van der Waals surface area contributed by atoms with Gasteiger partial charge in [0.25, 0.3) is 5.91 Å². The number of fused-ring (bicyclic) bond motifs is 2. The van der Waals surface area contributed by atoms with Crippen LogP contribution in [0.4, 0.5) is 15.8 Å². The molecular formula is C25H20FN3O6. The Balaban J connectivity index is 1.51. The summed E-state index contributed by atoms with van der Waals surface area (Å²) in [6.07, 6.45) is 0. The summed E-state index contributed by atoms with van der Waals surface area (Å²) in [5.41, 5.74) is 2.10. The number of anilines is 1. The number of carbonyl (C=O) groups excluding carboxylic acids is 1. The monoisotopic (exact) mass is 477 g/mol. The average molecular weight is 477 g/mol. The third kappa shape index (κ3) is 4.15. The van der Waals surface area contributed by atoms with E-state index in [-0.39, 0.29) is 37.4 Å². The lowest BCUT2D eigenvalue weighted by molar-refractivity contribution is -0.0173. The molecule has 2 N–H and O–H groups in total. The second kappa shape index (κ2) is 9.07. The van der Waals surface area contributed by atoms with Crippen molar-refractivity contribution in [2.75, 3.05) is 19.2 Å². The van der Waals surface area contributed by atoms with Gasteiger partial charge in [-0.05, 0) is 53.7 Å².